The van der Waals surface area contributed by atoms with E-state index in [-0.39, 0.29) is 43.0 Å². The number of carbonyl (C=O) groups is 4. The van der Waals surface area contributed by atoms with Gasteiger partial charge in [-0.1, -0.05) is 25.5 Å². The van der Waals surface area contributed by atoms with Crippen molar-refractivity contribution in [1.82, 2.24) is 5.39 Å². The van der Waals surface area contributed by atoms with Crippen molar-refractivity contribution in [3.8, 4) is 0 Å². The molecule has 12 nitrogen and oxygen atoms in total. The Kier molecular flexibility index (Phi) is 7.84. The summed E-state index contributed by atoms with van der Waals surface area (Å²) in [7, 11) is 0. The van der Waals surface area contributed by atoms with Crippen LogP contribution in [0.2, 0.25) is 0 Å². The van der Waals surface area contributed by atoms with Gasteiger partial charge < -0.3 is 19.3 Å². The molecule has 0 amide bonds. The topological polar surface area (TPSA) is 169 Å². The maximum Gasteiger partial charge on any atom is 0.509 e. The second-order valence-corrected chi connectivity index (χ2v) is 11.0. The number of aliphatic hydroxyl groups is 1. The van der Waals surface area contributed by atoms with Crippen LogP contribution in [0.15, 0.2) is 23.8 Å². The highest BCUT2D eigenvalue weighted by atomic mass is 17.1. The van der Waals surface area contributed by atoms with Crippen molar-refractivity contribution in [3.63, 3.8) is 0 Å². The Bertz CT molecular complexity index is 1050. The highest BCUT2D eigenvalue weighted by molar-refractivity contribution is 6.01. The Morgan fingerprint density at radius 2 is 1.87 bits per heavy atom. The standard InChI is InChI=1S/C26H35NO11/c1-4-35-23(32)38-26(20(30)13-36-21(31)14-37-27(33)34)10-8-18-17-6-5-15-11-16(28)7-9-24(15,2)22(17)19(29)12-25(18,26)3/h7,9,11,17-19,22,29,33-34H,4-6,8,10,12-14H2,1-3H3/t17-,18-,19-,22+,24-,25-,26-/m0/s1. The molecule has 4 rings (SSSR count). The largest absolute Gasteiger partial charge is 0.509 e. The molecule has 4 aliphatic rings. The van der Waals surface area contributed by atoms with E-state index >= 15 is 0 Å². The summed E-state index contributed by atoms with van der Waals surface area (Å²) >= 11 is 0. The van der Waals surface area contributed by atoms with Gasteiger partial charge in [0.15, 0.2) is 24.6 Å². The number of aliphatic hydroxyl groups excluding tert-OH is 1. The number of Topliss-reactive ketones (excluding diaryl/α,β-unsaturated/α-hetero) is 1. The number of fused-ring (bicyclic) bond motifs is 5. The molecule has 38 heavy (non-hydrogen) atoms. The van der Waals surface area contributed by atoms with Crippen LogP contribution in [0.5, 0.6) is 0 Å². The minimum Gasteiger partial charge on any atom is -0.456 e. The fourth-order valence-corrected chi connectivity index (χ4v) is 7.70. The van der Waals surface area contributed by atoms with Crippen molar-refractivity contribution in [2.24, 2.45) is 28.6 Å². The van der Waals surface area contributed by atoms with Gasteiger partial charge in [0.25, 0.3) is 0 Å². The minimum absolute atomic E-state index is 0.0136. The third-order valence-electron chi connectivity index (χ3n) is 9.25. The molecule has 12 heteroatoms. The predicted octanol–water partition coefficient (Wildman–Crippen LogP) is 2.30. The summed E-state index contributed by atoms with van der Waals surface area (Å²) in [4.78, 5) is 54.5. The van der Waals surface area contributed by atoms with Gasteiger partial charge in [-0.15, -0.1) is 0 Å². The summed E-state index contributed by atoms with van der Waals surface area (Å²) < 4.78 is 15.8. The summed E-state index contributed by atoms with van der Waals surface area (Å²) in [6.45, 7) is 3.89. The quantitative estimate of drug-likeness (QED) is 0.305. The van der Waals surface area contributed by atoms with Gasteiger partial charge in [0, 0.05) is 16.7 Å². The summed E-state index contributed by atoms with van der Waals surface area (Å²) in [5, 5.41) is 28.1. The van der Waals surface area contributed by atoms with Crippen LogP contribution in [0.3, 0.4) is 0 Å². The first kappa shape index (κ1) is 28.4. The van der Waals surface area contributed by atoms with E-state index in [0.717, 1.165) is 5.57 Å². The van der Waals surface area contributed by atoms with Crippen molar-refractivity contribution in [2.75, 3.05) is 19.8 Å². The number of esters is 1. The molecular formula is C26H35NO11. The molecule has 0 heterocycles. The van der Waals surface area contributed by atoms with Crippen molar-refractivity contribution in [2.45, 2.75) is 64.6 Å². The second kappa shape index (κ2) is 10.5. The van der Waals surface area contributed by atoms with Crippen molar-refractivity contribution >= 4 is 23.7 Å². The third-order valence-corrected chi connectivity index (χ3v) is 9.25. The number of rotatable bonds is 8. The zero-order chi connectivity index (χ0) is 27.9. The van der Waals surface area contributed by atoms with Crippen molar-refractivity contribution < 1.29 is 53.7 Å². The molecule has 0 saturated heterocycles. The SMILES string of the molecule is CCOC(=O)O[C@]1(C(=O)COC(=O)CON(O)O)CC[C@H]2[C@@H]3CCC4=CC(=O)C=C[C@]4(C)[C@H]3[C@@H](O)C[C@@]21C. The molecule has 0 aromatic rings. The number of hydrogen-bond acceptors (Lipinski definition) is 12. The number of ether oxygens (including phenoxy) is 3. The molecule has 0 aromatic heterocycles. The lowest BCUT2D eigenvalue weighted by Gasteiger charge is -2.59. The van der Waals surface area contributed by atoms with Crippen LogP contribution < -0.4 is 0 Å². The molecule has 0 aromatic carbocycles. The molecule has 3 N–H and O–H groups in total. The van der Waals surface area contributed by atoms with Gasteiger partial charge in [0.05, 0.1) is 18.1 Å². The fraction of sp³-hybridized carbons (Fsp3) is 0.692. The molecular weight excluding hydrogens is 502 g/mol. The average molecular weight is 538 g/mol. The normalized spacial score (nSPS) is 37.6. The molecule has 0 unspecified atom stereocenters. The summed E-state index contributed by atoms with van der Waals surface area (Å²) in [6, 6.07) is 0. The van der Waals surface area contributed by atoms with Crippen LogP contribution in [0.1, 0.15) is 52.9 Å². The van der Waals surface area contributed by atoms with E-state index in [1.54, 1.807) is 19.1 Å². The lowest BCUT2D eigenvalue weighted by Crippen LogP contribution is -2.63. The van der Waals surface area contributed by atoms with Gasteiger partial charge in [-0.2, -0.15) is 0 Å². The van der Waals surface area contributed by atoms with Gasteiger partial charge >= 0.3 is 12.1 Å². The summed E-state index contributed by atoms with van der Waals surface area (Å²) in [5.74, 6) is -2.07. The Morgan fingerprint density at radius 3 is 2.55 bits per heavy atom. The van der Waals surface area contributed by atoms with Gasteiger partial charge in [0.1, 0.15) is 0 Å². The van der Waals surface area contributed by atoms with Gasteiger partial charge in [0.2, 0.25) is 5.78 Å². The Balaban J connectivity index is 1.64. The van der Waals surface area contributed by atoms with Crippen LogP contribution in [0.4, 0.5) is 4.79 Å². The van der Waals surface area contributed by atoms with Crippen LogP contribution in [0, 0.1) is 28.6 Å². The van der Waals surface area contributed by atoms with E-state index in [0.29, 0.717) is 19.3 Å². The molecule has 0 aliphatic heterocycles. The van der Waals surface area contributed by atoms with Crippen molar-refractivity contribution in [3.05, 3.63) is 23.8 Å². The predicted molar refractivity (Wildman–Crippen MR) is 126 cm³/mol. The molecule has 0 radical (unpaired) electrons. The van der Waals surface area contributed by atoms with Gasteiger partial charge in [-0.25, -0.2) is 14.4 Å². The number of carbonyl (C=O) groups excluding carboxylic acids is 4. The van der Waals surface area contributed by atoms with Crippen LogP contribution in [-0.4, -0.2) is 76.1 Å². The minimum atomic E-state index is -1.72. The maximum absolute atomic E-state index is 13.7. The average Bonchev–Trinajstić information content (AvgIpc) is 3.13. The molecule has 210 valence electrons. The summed E-state index contributed by atoms with van der Waals surface area (Å²) in [5.41, 5.74) is -2.21. The maximum atomic E-state index is 13.7. The zero-order valence-electron chi connectivity index (χ0n) is 21.8. The van der Waals surface area contributed by atoms with Crippen LogP contribution in [0.25, 0.3) is 0 Å². The Labute approximate surface area is 220 Å². The zero-order valence-corrected chi connectivity index (χ0v) is 21.8. The van der Waals surface area contributed by atoms with Gasteiger partial charge in [-0.3, -0.25) is 20.0 Å². The van der Waals surface area contributed by atoms with Crippen LogP contribution >= 0.6 is 0 Å². The van der Waals surface area contributed by atoms with E-state index < -0.39 is 59.0 Å². The first-order chi connectivity index (χ1) is 17.9. The molecule has 7 atom stereocenters. The smallest absolute Gasteiger partial charge is 0.456 e. The highest BCUT2D eigenvalue weighted by Gasteiger charge is 2.70. The second-order valence-electron chi connectivity index (χ2n) is 11.0. The van der Waals surface area contributed by atoms with E-state index in [1.165, 1.54) is 0 Å². The third kappa shape index (κ3) is 4.68. The first-order valence-corrected chi connectivity index (χ1v) is 12.9. The number of nitrogens with zero attached hydrogens (tertiary/aromatic N) is 1. The van der Waals surface area contributed by atoms with E-state index in [4.69, 9.17) is 24.6 Å². The summed E-state index contributed by atoms with van der Waals surface area (Å²) in [6.07, 6.45) is 5.43. The number of allylic oxidation sites excluding steroid dienone is 4. The molecule has 0 bridgehead atoms. The molecule has 4 aliphatic carbocycles. The lowest BCUT2D eigenvalue weighted by molar-refractivity contribution is -0.489. The van der Waals surface area contributed by atoms with Crippen molar-refractivity contribution in [1.29, 1.82) is 0 Å². The Morgan fingerprint density at radius 1 is 1.13 bits per heavy atom. The Hall–Kier alpha value is -2.64. The van der Waals surface area contributed by atoms with Crippen LogP contribution in [-0.2, 0) is 33.4 Å². The van der Waals surface area contributed by atoms with E-state index in [2.05, 4.69) is 4.84 Å². The fourth-order valence-electron chi connectivity index (χ4n) is 7.70. The lowest BCUT2D eigenvalue weighted by atomic mass is 9.46. The molecule has 3 saturated carbocycles. The van der Waals surface area contributed by atoms with Gasteiger partial charge in [-0.05, 0) is 63.0 Å². The highest BCUT2D eigenvalue weighted by Crippen LogP contribution is 2.67. The van der Waals surface area contributed by atoms with E-state index in [1.807, 2.05) is 19.9 Å². The number of ketones is 2. The first-order valence-electron chi connectivity index (χ1n) is 12.9. The molecule has 0 spiro atoms. The molecule has 3 fully saturated rings. The monoisotopic (exact) mass is 537 g/mol. The number of hydrogen-bond donors (Lipinski definition) is 3. The van der Waals surface area contributed by atoms with E-state index in [9.17, 15) is 24.3 Å².